The lowest BCUT2D eigenvalue weighted by Gasteiger charge is -2.44. The molecule has 1 saturated carbocycles. The average molecular weight is 491 g/mol. The predicted molar refractivity (Wildman–Crippen MR) is 135 cm³/mol. The first-order chi connectivity index (χ1) is 16.9. The molecule has 0 amide bonds. The van der Waals surface area contributed by atoms with Crippen molar-refractivity contribution in [3.63, 3.8) is 0 Å². The second-order valence-electron chi connectivity index (χ2n) is 11.0. The summed E-state index contributed by atoms with van der Waals surface area (Å²) in [5.41, 5.74) is -5.25. The van der Waals surface area contributed by atoms with Crippen molar-refractivity contribution in [2.75, 3.05) is 6.61 Å². The molecule has 1 heterocycles. The van der Waals surface area contributed by atoms with Gasteiger partial charge in [-0.3, -0.25) is 0 Å². The highest BCUT2D eigenvalue weighted by atomic mass is 16.7. The molecular formula is C30H34O6. The molecule has 5 atom stereocenters. The summed E-state index contributed by atoms with van der Waals surface area (Å²) in [5, 5.41) is 45.3. The van der Waals surface area contributed by atoms with Crippen molar-refractivity contribution in [3.05, 3.63) is 108 Å². The molecule has 3 aromatic carbocycles. The van der Waals surface area contributed by atoms with E-state index in [1.807, 2.05) is 91.0 Å². The van der Waals surface area contributed by atoms with Crippen LogP contribution in [0.15, 0.2) is 91.0 Å². The minimum atomic E-state index is -1.98. The predicted octanol–water partition coefficient (Wildman–Crippen LogP) is 3.36. The van der Waals surface area contributed by atoms with Crippen LogP contribution in [0.1, 0.15) is 44.4 Å². The van der Waals surface area contributed by atoms with Gasteiger partial charge in [0, 0.05) is 0 Å². The molecule has 0 radical (unpaired) electrons. The molecule has 0 spiro atoms. The lowest BCUT2D eigenvalue weighted by Crippen LogP contribution is -2.61. The van der Waals surface area contributed by atoms with Crippen molar-refractivity contribution < 1.29 is 29.9 Å². The summed E-state index contributed by atoms with van der Waals surface area (Å²) >= 11 is 0. The number of hydrogen-bond donors (Lipinski definition) is 4. The van der Waals surface area contributed by atoms with Crippen LogP contribution in [0, 0.1) is 5.41 Å². The quantitative estimate of drug-likeness (QED) is 0.379. The fraction of sp³-hybridized carbons (Fsp3) is 0.400. The number of ether oxygens (including phenoxy) is 2. The van der Waals surface area contributed by atoms with Crippen LogP contribution in [0.5, 0.6) is 0 Å². The highest BCUT2D eigenvalue weighted by Crippen LogP contribution is 2.75. The van der Waals surface area contributed by atoms with Gasteiger partial charge < -0.3 is 29.9 Å². The summed E-state index contributed by atoms with van der Waals surface area (Å²) in [4.78, 5) is 0. The Hall–Kier alpha value is -2.58. The SMILES string of the molecule is CC1(C)[C@@]2(O)[C@@](C)(O)[C@@H]([C@](C)(O)COC(c3ccccc3)(c3ccccc3)c3ccccc3)O[C@@]12O. The Morgan fingerprint density at radius 1 is 0.750 bits per heavy atom. The smallest absolute Gasteiger partial charge is 0.207 e. The minimum Gasteiger partial charge on any atom is -0.385 e. The number of benzene rings is 3. The lowest BCUT2D eigenvalue weighted by molar-refractivity contribution is -0.247. The van der Waals surface area contributed by atoms with E-state index >= 15 is 0 Å². The van der Waals surface area contributed by atoms with E-state index in [4.69, 9.17) is 9.47 Å². The topological polar surface area (TPSA) is 99.4 Å². The molecule has 3 aromatic rings. The Bertz CT molecular complexity index is 1130. The zero-order chi connectivity index (χ0) is 26.0. The molecule has 1 saturated heterocycles. The summed E-state index contributed by atoms with van der Waals surface area (Å²) in [6, 6.07) is 29.2. The zero-order valence-corrected chi connectivity index (χ0v) is 21.1. The Labute approximate surface area is 211 Å². The van der Waals surface area contributed by atoms with Crippen molar-refractivity contribution >= 4 is 0 Å². The van der Waals surface area contributed by atoms with Gasteiger partial charge in [0.25, 0.3) is 0 Å². The van der Waals surface area contributed by atoms with Crippen LogP contribution >= 0.6 is 0 Å². The molecule has 0 aromatic heterocycles. The van der Waals surface area contributed by atoms with E-state index in [9.17, 15) is 20.4 Å². The second kappa shape index (κ2) is 7.96. The van der Waals surface area contributed by atoms with Gasteiger partial charge >= 0.3 is 0 Å². The molecule has 6 heteroatoms. The Kier molecular flexibility index (Phi) is 5.54. The van der Waals surface area contributed by atoms with E-state index in [1.54, 1.807) is 13.8 Å². The van der Waals surface area contributed by atoms with Gasteiger partial charge in [0.15, 0.2) is 5.60 Å². The van der Waals surface area contributed by atoms with E-state index in [1.165, 1.54) is 13.8 Å². The molecule has 190 valence electrons. The number of rotatable bonds is 7. The summed E-state index contributed by atoms with van der Waals surface area (Å²) in [7, 11) is 0. The maximum absolute atomic E-state index is 11.7. The summed E-state index contributed by atoms with van der Waals surface area (Å²) < 4.78 is 12.6. The van der Waals surface area contributed by atoms with Crippen molar-refractivity contribution in [2.24, 2.45) is 5.41 Å². The maximum atomic E-state index is 11.7. The minimum absolute atomic E-state index is 0.265. The van der Waals surface area contributed by atoms with Crippen molar-refractivity contribution in [1.29, 1.82) is 0 Å². The third-order valence-electron chi connectivity index (χ3n) is 8.40. The molecule has 1 aliphatic carbocycles. The third-order valence-corrected chi connectivity index (χ3v) is 8.40. The molecular weight excluding hydrogens is 456 g/mol. The van der Waals surface area contributed by atoms with Crippen LogP contribution in [0.25, 0.3) is 0 Å². The molecule has 2 fully saturated rings. The van der Waals surface area contributed by atoms with Gasteiger partial charge in [-0.05, 0) is 30.5 Å². The standard InChI is InChI=1S/C30H34O6/c1-25(2)29(33)27(4,32)24(36-30(25,29)34)26(3,31)20-35-28(21-14-8-5-9-15-21,22-16-10-6-11-17-22)23-18-12-7-13-19-23/h5-19,24,31-34H,20H2,1-4H3/t24-,26-,27+,29-,30+/m1/s1. The van der Waals surface area contributed by atoms with Crippen LogP contribution < -0.4 is 0 Å². The summed E-state index contributed by atoms with van der Waals surface area (Å²) in [6.45, 7) is 5.85. The molecule has 0 bridgehead atoms. The summed E-state index contributed by atoms with van der Waals surface area (Å²) in [5.74, 6) is -1.98. The van der Waals surface area contributed by atoms with Gasteiger partial charge in [-0.1, -0.05) is 105 Å². The third kappa shape index (κ3) is 3.06. The van der Waals surface area contributed by atoms with Crippen LogP contribution in [0.2, 0.25) is 0 Å². The highest BCUT2D eigenvalue weighted by Gasteiger charge is 2.96. The first-order valence-corrected chi connectivity index (χ1v) is 12.2. The zero-order valence-electron chi connectivity index (χ0n) is 21.1. The fourth-order valence-corrected chi connectivity index (χ4v) is 6.30. The largest absolute Gasteiger partial charge is 0.385 e. The van der Waals surface area contributed by atoms with Crippen LogP contribution in [0.4, 0.5) is 0 Å². The van der Waals surface area contributed by atoms with E-state index in [-0.39, 0.29) is 6.61 Å². The molecule has 6 nitrogen and oxygen atoms in total. The van der Waals surface area contributed by atoms with E-state index in [0.717, 1.165) is 16.7 Å². The van der Waals surface area contributed by atoms with Crippen LogP contribution in [-0.4, -0.2) is 55.7 Å². The van der Waals surface area contributed by atoms with Gasteiger partial charge in [0.1, 0.15) is 22.9 Å². The first-order valence-electron chi connectivity index (χ1n) is 12.2. The number of fused-ring (bicyclic) bond motifs is 1. The molecule has 4 N–H and O–H groups in total. The second-order valence-corrected chi connectivity index (χ2v) is 11.0. The molecule has 5 rings (SSSR count). The molecule has 2 aliphatic rings. The Balaban J connectivity index is 1.57. The molecule has 1 aliphatic heterocycles. The van der Waals surface area contributed by atoms with Crippen LogP contribution in [-0.2, 0) is 15.1 Å². The van der Waals surface area contributed by atoms with Gasteiger partial charge in [0.2, 0.25) is 5.79 Å². The first kappa shape index (κ1) is 25.1. The average Bonchev–Trinajstić information content (AvgIpc) is 3.13. The van der Waals surface area contributed by atoms with Gasteiger partial charge in [-0.2, -0.15) is 0 Å². The van der Waals surface area contributed by atoms with Crippen molar-refractivity contribution in [1.82, 2.24) is 0 Å². The normalized spacial score (nSPS) is 32.5. The molecule has 0 unspecified atom stereocenters. The highest BCUT2D eigenvalue weighted by molar-refractivity contribution is 5.47. The number of aliphatic hydroxyl groups is 4. The van der Waals surface area contributed by atoms with Gasteiger partial charge in [-0.25, -0.2) is 0 Å². The van der Waals surface area contributed by atoms with Crippen molar-refractivity contribution in [3.8, 4) is 0 Å². The number of hydrogen-bond acceptors (Lipinski definition) is 6. The Morgan fingerprint density at radius 3 is 1.47 bits per heavy atom. The lowest BCUT2D eigenvalue weighted by atomic mass is 9.78. The Morgan fingerprint density at radius 2 is 1.14 bits per heavy atom. The van der Waals surface area contributed by atoms with E-state index < -0.39 is 39.7 Å². The fourth-order valence-electron chi connectivity index (χ4n) is 6.30. The maximum Gasteiger partial charge on any atom is 0.207 e. The monoisotopic (exact) mass is 490 g/mol. The van der Waals surface area contributed by atoms with Gasteiger partial charge in [0.05, 0.1) is 12.0 Å². The summed E-state index contributed by atoms with van der Waals surface area (Å²) in [6.07, 6.45) is -1.31. The van der Waals surface area contributed by atoms with Gasteiger partial charge in [-0.15, -0.1) is 0 Å². The van der Waals surface area contributed by atoms with E-state index in [2.05, 4.69) is 0 Å². The van der Waals surface area contributed by atoms with E-state index in [0.29, 0.717) is 0 Å². The van der Waals surface area contributed by atoms with Crippen LogP contribution in [0.3, 0.4) is 0 Å². The molecule has 36 heavy (non-hydrogen) atoms. The van der Waals surface area contributed by atoms with Crippen molar-refractivity contribution in [2.45, 2.75) is 62.0 Å².